The van der Waals surface area contributed by atoms with Gasteiger partial charge in [-0.1, -0.05) is 18.2 Å². The first-order valence-electron chi connectivity index (χ1n) is 8.15. The smallest absolute Gasteiger partial charge is 0.335 e. The van der Waals surface area contributed by atoms with E-state index in [-0.39, 0.29) is 35.7 Å². The van der Waals surface area contributed by atoms with E-state index >= 15 is 0 Å². The highest BCUT2D eigenvalue weighted by Gasteiger charge is 2.26. The van der Waals surface area contributed by atoms with E-state index in [2.05, 4.69) is 0 Å². The van der Waals surface area contributed by atoms with Gasteiger partial charge in [0.25, 0.3) is 5.69 Å². The van der Waals surface area contributed by atoms with Crippen molar-refractivity contribution in [3.63, 3.8) is 0 Å². The molecule has 0 bridgehead atoms. The summed E-state index contributed by atoms with van der Waals surface area (Å²) >= 11 is 0. The first kappa shape index (κ1) is 21.9. The molecule has 1 amide bonds. The second-order valence-corrected chi connectivity index (χ2v) is 7.82. The van der Waals surface area contributed by atoms with Gasteiger partial charge < -0.3 is 5.11 Å². The largest absolute Gasteiger partial charge is 0.478 e. The van der Waals surface area contributed by atoms with Gasteiger partial charge in [0.2, 0.25) is 15.9 Å². The van der Waals surface area contributed by atoms with Crippen molar-refractivity contribution >= 4 is 27.6 Å². The number of carbonyl (C=O) groups excluding carboxylic acids is 1. The lowest BCUT2D eigenvalue weighted by Gasteiger charge is -2.22. The summed E-state index contributed by atoms with van der Waals surface area (Å²) in [5.74, 6) is -2.11. The van der Waals surface area contributed by atoms with Gasteiger partial charge in [-0.3, -0.25) is 20.1 Å². The highest BCUT2D eigenvalue weighted by Crippen LogP contribution is 2.21. The number of nitro benzene ring substituents is 1. The van der Waals surface area contributed by atoms with Gasteiger partial charge in [0.05, 0.1) is 15.4 Å². The number of nitro groups is 1. The summed E-state index contributed by atoms with van der Waals surface area (Å²) in [4.78, 5) is 32.4. The summed E-state index contributed by atoms with van der Waals surface area (Å²) < 4.78 is 27.0. The highest BCUT2D eigenvalue weighted by molar-refractivity contribution is 7.89. The van der Waals surface area contributed by atoms with Gasteiger partial charge in [-0.25, -0.2) is 18.7 Å². The van der Waals surface area contributed by atoms with E-state index in [4.69, 9.17) is 10.3 Å². The molecule has 12 heteroatoms. The van der Waals surface area contributed by atoms with E-state index in [1.54, 1.807) is 0 Å². The van der Waals surface area contributed by atoms with Crippen LogP contribution in [0.5, 0.6) is 0 Å². The molecule has 29 heavy (non-hydrogen) atoms. The van der Waals surface area contributed by atoms with Crippen molar-refractivity contribution in [3.05, 3.63) is 69.8 Å². The minimum atomic E-state index is -4.21. The lowest BCUT2D eigenvalue weighted by molar-refractivity contribution is -0.384. The van der Waals surface area contributed by atoms with Crippen molar-refractivity contribution < 1.29 is 33.2 Å². The molecular weight excluding hydrogens is 406 g/mol. The van der Waals surface area contributed by atoms with Gasteiger partial charge in [-0.2, -0.15) is 4.31 Å². The first-order chi connectivity index (χ1) is 13.6. The van der Waals surface area contributed by atoms with E-state index < -0.39 is 26.8 Å². The van der Waals surface area contributed by atoms with Crippen LogP contribution in [0.2, 0.25) is 0 Å². The fraction of sp³-hybridized carbons (Fsp3) is 0.176. The van der Waals surface area contributed by atoms with Gasteiger partial charge in [0, 0.05) is 31.6 Å². The standard InChI is InChI=1S/C17H17N3O8S/c21-16(18-24)8-9-19(11-12-4-6-14(7-5-12)20(25)26)29(27,28)15-3-1-2-13(10-15)17(22)23/h1-7,10,24H,8-9,11H2,(H,18,21)(H,22,23). The van der Waals surface area contributed by atoms with Crippen molar-refractivity contribution in [2.45, 2.75) is 17.9 Å². The van der Waals surface area contributed by atoms with Crippen LogP contribution in [0.25, 0.3) is 0 Å². The molecule has 2 aromatic carbocycles. The van der Waals surface area contributed by atoms with Gasteiger partial charge in [0.15, 0.2) is 0 Å². The molecular formula is C17H17N3O8S. The van der Waals surface area contributed by atoms with Crippen LogP contribution in [-0.4, -0.2) is 46.4 Å². The van der Waals surface area contributed by atoms with Crippen LogP contribution in [0, 0.1) is 10.1 Å². The number of aromatic carboxylic acids is 1. The molecule has 0 saturated heterocycles. The maximum absolute atomic E-state index is 13.0. The van der Waals surface area contributed by atoms with Crippen LogP contribution < -0.4 is 5.48 Å². The average molecular weight is 423 g/mol. The SMILES string of the molecule is O=C(CCN(Cc1ccc([N+](=O)[O-])cc1)S(=O)(=O)c1cccc(C(=O)O)c1)NO. The minimum absolute atomic E-state index is 0.169. The Balaban J connectivity index is 2.37. The maximum atomic E-state index is 13.0. The third kappa shape index (κ3) is 5.57. The minimum Gasteiger partial charge on any atom is -0.478 e. The van der Waals surface area contributed by atoms with E-state index in [9.17, 15) is 28.1 Å². The van der Waals surface area contributed by atoms with Crippen molar-refractivity contribution in [3.8, 4) is 0 Å². The monoisotopic (exact) mass is 423 g/mol. The van der Waals surface area contributed by atoms with Crippen molar-refractivity contribution in [1.82, 2.24) is 9.79 Å². The van der Waals surface area contributed by atoms with Crippen LogP contribution in [0.15, 0.2) is 53.4 Å². The number of carboxylic acids is 1. The predicted molar refractivity (Wildman–Crippen MR) is 98.6 cm³/mol. The molecule has 0 fully saturated rings. The second kappa shape index (κ2) is 9.23. The molecule has 2 rings (SSSR count). The number of nitrogens with one attached hydrogen (secondary N) is 1. The Morgan fingerprint density at radius 3 is 2.34 bits per heavy atom. The molecule has 0 saturated carbocycles. The molecule has 0 aliphatic rings. The van der Waals surface area contributed by atoms with Gasteiger partial charge >= 0.3 is 5.97 Å². The molecule has 0 aliphatic heterocycles. The fourth-order valence-corrected chi connectivity index (χ4v) is 3.91. The molecule has 0 aliphatic carbocycles. The first-order valence-corrected chi connectivity index (χ1v) is 9.59. The molecule has 0 radical (unpaired) electrons. The van der Waals surface area contributed by atoms with Crippen LogP contribution in [0.1, 0.15) is 22.3 Å². The number of sulfonamides is 1. The van der Waals surface area contributed by atoms with Crippen molar-refractivity contribution in [2.24, 2.45) is 0 Å². The predicted octanol–water partition coefficient (Wildman–Crippen LogP) is 1.38. The third-order valence-corrected chi connectivity index (χ3v) is 5.78. The van der Waals surface area contributed by atoms with E-state index in [0.717, 1.165) is 10.4 Å². The fourth-order valence-electron chi connectivity index (χ4n) is 2.43. The van der Waals surface area contributed by atoms with Crippen LogP contribution >= 0.6 is 0 Å². The number of nitrogens with zero attached hydrogens (tertiary/aromatic N) is 2. The summed E-state index contributed by atoms with van der Waals surface area (Å²) in [7, 11) is -4.21. The Labute approximate surface area is 165 Å². The number of amides is 1. The van der Waals surface area contributed by atoms with E-state index in [0.29, 0.717) is 5.56 Å². The molecule has 154 valence electrons. The number of hydrogen-bond acceptors (Lipinski definition) is 7. The topological polar surface area (TPSA) is 167 Å². The summed E-state index contributed by atoms with van der Waals surface area (Å²) in [6.45, 7) is -0.542. The Morgan fingerprint density at radius 1 is 1.14 bits per heavy atom. The molecule has 0 unspecified atom stereocenters. The van der Waals surface area contributed by atoms with Crippen molar-refractivity contribution in [2.75, 3.05) is 6.54 Å². The zero-order chi connectivity index (χ0) is 21.6. The van der Waals surface area contributed by atoms with E-state index in [1.807, 2.05) is 0 Å². The lowest BCUT2D eigenvalue weighted by Crippen LogP contribution is -2.34. The zero-order valence-corrected chi connectivity index (χ0v) is 15.7. The number of hydrogen-bond donors (Lipinski definition) is 3. The summed E-state index contributed by atoms with van der Waals surface area (Å²) in [5.41, 5.74) is 1.42. The van der Waals surface area contributed by atoms with Gasteiger partial charge in [0.1, 0.15) is 0 Å². The van der Waals surface area contributed by atoms with Crippen LogP contribution in [-0.2, 0) is 21.4 Å². The molecule has 0 atom stereocenters. The van der Waals surface area contributed by atoms with Crippen molar-refractivity contribution in [1.29, 1.82) is 0 Å². The number of non-ortho nitro benzene ring substituents is 1. The number of carbonyl (C=O) groups is 2. The highest BCUT2D eigenvalue weighted by atomic mass is 32.2. The third-order valence-electron chi connectivity index (χ3n) is 3.94. The maximum Gasteiger partial charge on any atom is 0.335 e. The molecule has 0 heterocycles. The average Bonchev–Trinajstić information content (AvgIpc) is 2.71. The number of hydroxylamine groups is 1. The Morgan fingerprint density at radius 2 is 1.79 bits per heavy atom. The Bertz CT molecular complexity index is 1020. The number of benzene rings is 2. The Kier molecular flexibility index (Phi) is 6.98. The molecule has 0 spiro atoms. The van der Waals surface area contributed by atoms with Gasteiger partial charge in [-0.15, -0.1) is 0 Å². The molecule has 11 nitrogen and oxygen atoms in total. The number of carboxylic acid groups (broad SMARTS) is 1. The van der Waals surface area contributed by atoms with Gasteiger partial charge in [-0.05, 0) is 23.8 Å². The summed E-state index contributed by atoms with van der Waals surface area (Å²) in [5, 5.41) is 28.5. The number of rotatable bonds is 9. The lowest BCUT2D eigenvalue weighted by atomic mass is 10.2. The zero-order valence-electron chi connectivity index (χ0n) is 14.9. The normalized spacial score (nSPS) is 11.2. The quantitative estimate of drug-likeness (QED) is 0.309. The molecule has 0 aromatic heterocycles. The summed E-state index contributed by atoms with van der Waals surface area (Å²) in [6.07, 6.45) is -0.360. The van der Waals surface area contributed by atoms with E-state index in [1.165, 1.54) is 47.9 Å². The molecule has 3 N–H and O–H groups in total. The molecule has 2 aromatic rings. The summed E-state index contributed by atoms with van der Waals surface area (Å²) in [6, 6.07) is 9.91. The second-order valence-electron chi connectivity index (χ2n) is 5.88. The Hall–Kier alpha value is -3.35. The van der Waals surface area contributed by atoms with Crippen LogP contribution in [0.4, 0.5) is 5.69 Å². The van der Waals surface area contributed by atoms with Crippen LogP contribution in [0.3, 0.4) is 0 Å².